The Morgan fingerprint density at radius 3 is 2.52 bits per heavy atom. The van der Waals surface area contributed by atoms with Gasteiger partial charge in [0.05, 0.1) is 15.8 Å². The molecule has 0 amide bonds. The zero-order chi connectivity index (χ0) is 17.4. The summed E-state index contributed by atoms with van der Waals surface area (Å²) in [6.07, 6.45) is 0. The van der Waals surface area contributed by atoms with Gasteiger partial charge in [-0.2, -0.15) is 0 Å². The van der Waals surface area contributed by atoms with Crippen molar-refractivity contribution in [2.45, 2.75) is 0 Å². The molecule has 0 saturated heterocycles. The third kappa shape index (κ3) is 3.02. The highest BCUT2D eigenvalue weighted by Gasteiger charge is 2.16. The van der Waals surface area contributed by atoms with Gasteiger partial charge in [0.1, 0.15) is 5.01 Å². The maximum Gasteiger partial charge on any atom is 0.336 e. The number of hydrogen-bond acceptors (Lipinski definition) is 3. The molecule has 0 spiro atoms. The number of hydrogen-bond donors (Lipinski definition) is 1. The van der Waals surface area contributed by atoms with Gasteiger partial charge in [-0.1, -0.05) is 48.0 Å². The van der Waals surface area contributed by atoms with Crippen molar-refractivity contribution in [3.05, 3.63) is 77.3 Å². The van der Waals surface area contributed by atoms with Crippen molar-refractivity contribution >= 4 is 39.1 Å². The third-order valence-corrected chi connectivity index (χ3v) is 5.24. The van der Waals surface area contributed by atoms with Gasteiger partial charge in [0.25, 0.3) is 0 Å². The van der Waals surface area contributed by atoms with Gasteiger partial charge >= 0.3 is 5.97 Å². The molecule has 3 aromatic carbocycles. The Bertz CT molecular complexity index is 1090. The molecular weight excluding hydrogens is 354 g/mol. The van der Waals surface area contributed by atoms with Crippen LogP contribution in [0.1, 0.15) is 10.4 Å². The van der Waals surface area contributed by atoms with Gasteiger partial charge in [0.2, 0.25) is 0 Å². The topological polar surface area (TPSA) is 50.2 Å². The van der Waals surface area contributed by atoms with E-state index in [1.165, 1.54) is 17.4 Å². The standard InChI is InChI=1S/C20H12ClNO2S/c21-14-7-8-15(16(11-14)20(23)24)19-22-17-10-13(6-9-18(17)25-19)12-4-2-1-3-5-12/h1-11H,(H,23,24). The highest BCUT2D eigenvalue weighted by molar-refractivity contribution is 7.21. The van der Waals surface area contributed by atoms with Crippen molar-refractivity contribution in [1.29, 1.82) is 0 Å². The lowest BCUT2D eigenvalue weighted by Crippen LogP contribution is -1.99. The van der Waals surface area contributed by atoms with Gasteiger partial charge < -0.3 is 5.11 Å². The van der Waals surface area contributed by atoms with Crippen LogP contribution in [-0.4, -0.2) is 16.1 Å². The lowest BCUT2D eigenvalue weighted by atomic mass is 10.1. The lowest BCUT2D eigenvalue weighted by molar-refractivity contribution is 0.0697. The van der Waals surface area contributed by atoms with Crippen LogP contribution in [0.25, 0.3) is 31.9 Å². The smallest absolute Gasteiger partial charge is 0.336 e. The van der Waals surface area contributed by atoms with Crippen LogP contribution in [-0.2, 0) is 0 Å². The highest BCUT2D eigenvalue weighted by Crippen LogP contribution is 2.35. The third-order valence-electron chi connectivity index (χ3n) is 3.94. The van der Waals surface area contributed by atoms with Crippen molar-refractivity contribution < 1.29 is 9.90 Å². The van der Waals surface area contributed by atoms with Gasteiger partial charge in [-0.15, -0.1) is 11.3 Å². The van der Waals surface area contributed by atoms with Crippen LogP contribution in [0.4, 0.5) is 0 Å². The van der Waals surface area contributed by atoms with Gasteiger partial charge in [-0.05, 0) is 41.5 Å². The number of halogens is 1. The van der Waals surface area contributed by atoms with Crippen LogP contribution < -0.4 is 0 Å². The number of carbonyl (C=O) groups is 1. The molecule has 0 aliphatic carbocycles. The molecule has 0 atom stereocenters. The van der Waals surface area contributed by atoms with E-state index >= 15 is 0 Å². The zero-order valence-corrected chi connectivity index (χ0v) is 14.5. The normalized spacial score (nSPS) is 10.9. The molecule has 4 rings (SSSR count). The second-order valence-corrected chi connectivity index (χ2v) is 7.03. The minimum atomic E-state index is -1.01. The van der Waals surface area contributed by atoms with Gasteiger partial charge in [-0.25, -0.2) is 9.78 Å². The summed E-state index contributed by atoms with van der Waals surface area (Å²) in [6, 6.07) is 21.0. The average molecular weight is 366 g/mol. The number of aromatic nitrogens is 1. The summed E-state index contributed by atoms with van der Waals surface area (Å²) < 4.78 is 1.01. The minimum Gasteiger partial charge on any atom is -0.478 e. The fourth-order valence-corrected chi connectivity index (χ4v) is 3.89. The number of aromatic carboxylic acids is 1. The molecular formula is C20H12ClNO2S. The monoisotopic (exact) mass is 365 g/mol. The number of rotatable bonds is 3. The maximum absolute atomic E-state index is 11.5. The molecule has 1 aromatic heterocycles. The number of thiazole rings is 1. The zero-order valence-electron chi connectivity index (χ0n) is 12.9. The van der Waals surface area contributed by atoms with Crippen molar-refractivity contribution in [2.24, 2.45) is 0 Å². The van der Waals surface area contributed by atoms with E-state index in [4.69, 9.17) is 11.6 Å². The summed E-state index contributed by atoms with van der Waals surface area (Å²) in [7, 11) is 0. The fraction of sp³-hybridized carbons (Fsp3) is 0. The van der Waals surface area contributed by atoms with E-state index in [1.54, 1.807) is 12.1 Å². The second-order valence-electron chi connectivity index (χ2n) is 5.56. The quantitative estimate of drug-likeness (QED) is 0.485. The van der Waals surface area contributed by atoms with E-state index in [-0.39, 0.29) is 5.56 Å². The van der Waals surface area contributed by atoms with Crippen molar-refractivity contribution in [1.82, 2.24) is 4.98 Å². The van der Waals surface area contributed by atoms with Crippen LogP contribution >= 0.6 is 22.9 Å². The molecule has 0 aliphatic heterocycles. The van der Waals surface area contributed by atoms with E-state index < -0.39 is 5.97 Å². The first-order valence-corrected chi connectivity index (χ1v) is 8.80. The van der Waals surface area contributed by atoms with E-state index in [1.807, 2.05) is 30.3 Å². The Hall–Kier alpha value is -2.69. The second kappa shape index (κ2) is 6.31. The van der Waals surface area contributed by atoms with E-state index in [9.17, 15) is 9.90 Å². The molecule has 0 fully saturated rings. The number of benzene rings is 3. The maximum atomic E-state index is 11.5. The van der Waals surface area contributed by atoms with Crippen LogP contribution in [0.3, 0.4) is 0 Å². The lowest BCUT2D eigenvalue weighted by Gasteiger charge is -2.02. The van der Waals surface area contributed by atoms with Crippen LogP contribution in [0, 0.1) is 0 Å². The molecule has 0 radical (unpaired) electrons. The Morgan fingerprint density at radius 2 is 1.76 bits per heavy atom. The first-order chi connectivity index (χ1) is 12.1. The summed E-state index contributed by atoms with van der Waals surface area (Å²) in [5.41, 5.74) is 3.80. The van der Waals surface area contributed by atoms with Gasteiger partial charge in [0, 0.05) is 10.6 Å². The molecule has 0 bridgehead atoms. The Kier molecular flexibility index (Phi) is 3.99. The van der Waals surface area contributed by atoms with Crippen LogP contribution in [0.2, 0.25) is 5.02 Å². The fourth-order valence-electron chi connectivity index (χ4n) is 2.73. The highest BCUT2D eigenvalue weighted by atomic mass is 35.5. The molecule has 0 unspecified atom stereocenters. The predicted octanol–water partition coefficient (Wildman–Crippen LogP) is 5.98. The molecule has 4 aromatic rings. The summed E-state index contributed by atoms with van der Waals surface area (Å²) in [5.74, 6) is -1.01. The van der Waals surface area contributed by atoms with Crippen LogP contribution in [0.5, 0.6) is 0 Å². The SMILES string of the molecule is O=C(O)c1cc(Cl)ccc1-c1nc2cc(-c3ccccc3)ccc2s1. The molecule has 0 aliphatic rings. The summed E-state index contributed by atoms with van der Waals surface area (Å²) >= 11 is 7.41. The van der Waals surface area contributed by atoms with Crippen molar-refractivity contribution in [3.8, 4) is 21.7 Å². The number of carboxylic acids is 1. The molecule has 0 saturated carbocycles. The summed E-state index contributed by atoms with van der Waals surface area (Å²) in [5, 5.41) is 10.5. The van der Waals surface area contributed by atoms with Crippen LogP contribution in [0.15, 0.2) is 66.7 Å². The Labute approximate surface area is 153 Å². The number of fused-ring (bicyclic) bond motifs is 1. The molecule has 25 heavy (non-hydrogen) atoms. The first-order valence-electron chi connectivity index (χ1n) is 7.61. The molecule has 5 heteroatoms. The van der Waals surface area contributed by atoms with E-state index in [2.05, 4.69) is 23.2 Å². The molecule has 1 heterocycles. The van der Waals surface area contributed by atoms with Crippen molar-refractivity contribution in [3.63, 3.8) is 0 Å². The van der Waals surface area contributed by atoms with Crippen molar-refractivity contribution in [2.75, 3.05) is 0 Å². The largest absolute Gasteiger partial charge is 0.478 e. The van der Waals surface area contributed by atoms with Gasteiger partial charge in [-0.3, -0.25) is 0 Å². The first kappa shape index (κ1) is 15.8. The molecule has 1 N–H and O–H groups in total. The summed E-state index contributed by atoms with van der Waals surface area (Å²) in [6.45, 7) is 0. The number of carboxylic acid groups (broad SMARTS) is 1. The Morgan fingerprint density at radius 1 is 0.960 bits per heavy atom. The number of nitrogens with zero attached hydrogens (tertiary/aromatic N) is 1. The van der Waals surface area contributed by atoms with Gasteiger partial charge in [0.15, 0.2) is 0 Å². The van der Waals surface area contributed by atoms with E-state index in [0.717, 1.165) is 21.3 Å². The molecule has 122 valence electrons. The minimum absolute atomic E-state index is 0.162. The predicted molar refractivity (Wildman–Crippen MR) is 102 cm³/mol. The molecule has 3 nitrogen and oxygen atoms in total. The Balaban J connectivity index is 1.84. The van der Waals surface area contributed by atoms with E-state index in [0.29, 0.717) is 15.6 Å². The average Bonchev–Trinajstić information content (AvgIpc) is 3.05. The summed E-state index contributed by atoms with van der Waals surface area (Å²) in [4.78, 5) is 16.2.